The third-order valence-electron chi connectivity index (χ3n) is 4.55. The summed E-state index contributed by atoms with van der Waals surface area (Å²) in [4.78, 5) is 21.9. The van der Waals surface area contributed by atoms with E-state index in [-0.39, 0.29) is 11.2 Å². The normalized spacial score (nSPS) is 13.8. The molecule has 4 nitrogen and oxygen atoms in total. The maximum absolute atomic E-state index is 13.5. The topological polar surface area (TPSA) is 46.3 Å². The Labute approximate surface area is 170 Å². The lowest BCUT2D eigenvalue weighted by Crippen LogP contribution is -2.34. The van der Waals surface area contributed by atoms with E-state index in [0.717, 1.165) is 32.3 Å². The van der Waals surface area contributed by atoms with Gasteiger partial charge in [0.05, 0.1) is 16.6 Å². The number of hydrogen-bond donors (Lipinski definition) is 0. The molecule has 0 saturated heterocycles. The van der Waals surface area contributed by atoms with E-state index in [9.17, 15) is 4.79 Å². The second-order valence-corrected chi connectivity index (χ2v) is 8.79. The summed E-state index contributed by atoms with van der Waals surface area (Å²) in [5.74, 6) is 0.00690. The minimum Gasteiger partial charge on any atom is -0.431 e. The molecule has 3 aromatic carbocycles. The Kier molecular flexibility index (Phi) is 4.37. The molecule has 138 valence electrons. The Morgan fingerprint density at radius 2 is 1.57 bits per heavy atom. The first-order valence-electron chi connectivity index (χ1n) is 8.93. The zero-order valence-electron chi connectivity index (χ0n) is 15.0. The monoisotopic (exact) mass is 404 g/mol. The molecule has 1 aliphatic rings. The Bertz CT molecular complexity index is 1110. The summed E-state index contributed by atoms with van der Waals surface area (Å²) >= 11 is 3.04. The van der Waals surface area contributed by atoms with Crippen LogP contribution in [0.4, 0.5) is 11.4 Å². The van der Waals surface area contributed by atoms with Crippen molar-refractivity contribution in [3.8, 4) is 0 Å². The second kappa shape index (κ2) is 7.04. The fourth-order valence-corrected chi connectivity index (χ4v) is 5.08. The third-order valence-corrected chi connectivity index (χ3v) is 6.61. The van der Waals surface area contributed by atoms with Crippen LogP contribution in [-0.4, -0.2) is 16.1 Å². The van der Waals surface area contributed by atoms with Crippen molar-refractivity contribution in [3.63, 3.8) is 0 Å². The summed E-state index contributed by atoms with van der Waals surface area (Å²) < 4.78 is 5.79. The van der Waals surface area contributed by atoms with Crippen molar-refractivity contribution < 1.29 is 9.21 Å². The zero-order chi connectivity index (χ0) is 19.1. The van der Waals surface area contributed by atoms with Gasteiger partial charge in [0, 0.05) is 9.79 Å². The van der Waals surface area contributed by atoms with E-state index in [4.69, 9.17) is 4.42 Å². The lowest BCUT2D eigenvalue weighted by atomic mass is 10.2. The van der Waals surface area contributed by atoms with E-state index in [2.05, 4.69) is 17.1 Å². The molecule has 1 unspecified atom stereocenters. The number of anilines is 2. The summed E-state index contributed by atoms with van der Waals surface area (Å²) in [6.07, 6.45) is 0. The Morgan fingerprint density at radius 1 is 0.964 bits per heavy atom. The third kappa shape index (κ3) is 2.99. The van der Waals surface area contributed by atoms with Gasteiger partial charge in [-0.3, -0.25) is 9.69 Å². The molecule has 1 atom stereocenters. The molecule has 1 aromatic heterocycles. The van der Waals surface area contributed by atoms with Gasteiger partial charge < -0.3 is 4.42 Å². The van der Waals surface area contributed by atoms with E-state index in [1.54, 1.807) is 11.8 Å². The van der Waals surface area contributed by atoms with Crippen LogP contribution < -0.4 is 4.90 Å². The van der Waals surface area contributed by atoms with Gasteiger partial charge in [-0.15, -0.1) is 0 Å². The number of benzene rings is 3. The second-order valence-electron chi connectivity index (χ2n) is 6.42. The fourth-order valence-electron chi connectivity index (χ4n) is 3.23. The van der Waals surface area contributed by atoms with Crippen molar-refractivity contribution in [1.82, 2.24) is 4.98 Å². The minimum atomic E-state index is -0.350. The van der Waals surface area contributed by atoms with Gasteiger partial charge >= 0.3 is 0 Å². The fraction of sp³-hybridized carbons (Fsp3) is 0.0909. The van der Waals surface area contributed by atoms with E-state index >= 15 is 0 Å². The first kappa shape index (κ1) is 17.4. The molecule has 0 radical (unpaired) electrons. The van der Waals surface area contributed by atoms with Gasteiger partial charge in [0.1, 0.15) is 5.52 Å². The maximum atomic E-state index is 13.5. The minimum absolute atomic E-state index is 0.00690. The molecule has 1 aliphatic heterocycles. The van der Waals surface area contributed by atoms with Gasteiger partial charge in [0.25, 0.3) is 5.22 Å². The largest absolute Gasteiger partial charge is 0.431 e. The number of fused-ring (bicyclic) bond motifs is 3. The van der Waals surface area contributed by atoms with Gasteiger partial charge in [-0.25, -0.2) is 4.98 Å². The lowest BCUT2D eigenvalue weighted by molar-refractivity contribution is -0.117. The Hall–Kier alpha value is -2.70. The summed E-state index contributed by atoms with van der Waals surface area (Å²) in [6, 6.07) is 23.6. The van der Waals surface area contributed by atoms with Gasteiger partial charge in [-0.2, -0.15) is 0 Å². The van der Waals surface area contributed by atoms with E-state index in [1.807, 2.05) is 72.5 Å². The Balaban J connectivity index is 1.49. The molecule has 6 heteroatoms. The highest BCUT2D eigenvalue weighted by Gasteiger charge is 2.31. The number of thioether (sulfide) groups is 1. The number of nitrogens with zero attached hydrogens (tertiary/aromatic N) is 2. The zero-order valence-corrected chi connectivity index (χ0v) is 16.7. The molecule has 2 heterocycles. The van der Waals surface area contributed by atoms with E-state index in [0.29, 0.717) is 5.22 Å². The standard InChI is InChI=1S/C22H16N2O2S2/c1-14(27-22-23-15-8-2-5-11-18(15)26-22)21(25)24-16-9-3-6-12-19(16)28-20-13-7-4-10-17(20)24/h2-14H,1H3. The predicted molar refractivity (Wildman–Crippen MR) is 113 cm³/mol. The van der Waals surface area contributed by atoms with Crippen molar-refractivity contribution in [3.05, 3.63) is 72.8 Å². The molecule has 1 amide bonds. The van der Waals surface area contributed by atoms with Gasteiger partial charge in [-0.05, 0) is 43.3 Å². The molecule has 0 N–H and O–H groups in total. The number of rotatable bonds is 3. The molecule has 0 saturated carbocycles. The quantitative estimate of drug-likeness (QED) is 0.384. The number of oxazole rings is 1. The number of para-hydroxylation sites is 4. The maximum Gasteiger partial charge on any atom is 0.257 e. The number of carbonyl (C=O) groups is 1. The highest BCUT2D eigenvalue weighted by Crippen LogP contribution is 2.48. The SMILES string of the molecule is CC(Sc1nc2ccccc2o1)C(=O)N1c2ccccc2Sc2ccccc21. The van der Waals surface area contributed by atoms with Crippen LogP contribution in [0.15, 0.2) is 92.2 Å². The van der Waals surface area contributed by atoms with Crippen molar-refractivity contribution in [2.45, 2.75) is 27.2 Å². The average molecular weight is 405 g/mol. The average Bonchev–Trinajstić information content (AvgIpc) is 3.13. The molecule has 0 spiro atoms. The van der Waals surface area contributed by atoms with Crippen LogP contribution in [-0.2, 0) is 4.79 Å². The first-order chi connectivity index (χ1) is 13.7. The van der Waals surface area contributed by atoms with E-state index in [1.165, 1.54) is 11.8 Å². The number of hydrogen-bond acceptors (Lipinski definition) is 5. The van der Waals surface area contributed by atoms with Gasteiger partial charge in [-0.1, -0.05) is 59.9 Å². The van der Waals surface area contributed by atoms with Crippen molar-refractivity contribution >= 4 is 51.9 Å². The molecule has 0 aliphatic carbocycles. The van der Waals surface area contributed by atoms with Crippen LogP contribution in [0, 0.1) is 0 Å². The molecule has 0 bridgehead atoms. The van der Waals surface area contributed by atoms with Crippen LogP contribution in [0.25, 0.3) is 11.1 Å². The number of aromatic nitrogens is 1. The smallest absolute Gasteiger partial charge is 0.257 e. The van der Waals surface area contributed by atoms with Crippen LogP contribution in [0.1, 0.15) is 6.92 Å². The van der Waals surface area contributed by atoms with Crippen LogP contribution in [0.2, 0.25) is 0 Å². The molecular formula is C22H16N2O2S2. The molecule has 0 fully saturated rings. The highest BCUT2D eigenvalue weighted by atomic mass is 32.2. The van der Waals surface area contributed by atoms with Crippen LogP contribution >= 0.6 is 23.5 Å². The number of amides is 1. The summed E-state index contributed by atoms with van der Waals surface area (Å²) in [7, 11) is 0. The van der Waals surface area contributed by atoms with Crippen molar-refractivity contribution in [1.29, 1.82) is 0 Å². The van der Waals surface area contributed by atoms with Crippen molar-refractivity contribution in [2.24, 2.45) is 0 Å². The predicted octanol–water partition coefficient (Wildman–Crippen LogP) is 6.14. The first-order valence-corrected chi connectivity index (χ1v) is 10.6. The molecule has 28 heavy (non-hydrogen) atoms. The summed E-state index contributed by atoms with van der Waals surface area (Å²) in [5, 5.41) is 0.160. The van der Waals surface area contributed by atoms with Gasteiger partial charge in [0.15, 0.2) is 5.58 Å². The van der Waals surface area contributed by atoms with E-state index < -0.39 is 0 Å². The molecule has 4 aromatic rings. The Morgan fingerprint density at radius 3 is 2.25 bits per heavy atom. The number of carbonyl (C=O) groups excluding carboxylic acids is 1. The summed E-state index contributed by atoms with van der Waals surface area (Å²) in [5.41, 5.74) is 3.37. The van der Waals surface area contributed by atoms with Crippen molar-refractivity contribution in [2.75, 3.05) is 4.90 Å². The highest BCUT2D eigenvalue weighted by molar-refractivity contribution is 8.00. The molecule has 5 rings (SSSR count). The van der Waals surface area contributed by atoms with Gasteiger partial charge in [0.2, 0.25) is 5.91 Å². The van der Waals surface area contributed by atoms with Crippen LogP contribution in [0.3, 0.4) is 0 Å². The molecular weight excluding hydrogens is 388 g/mol. The van der Waals surface area contributed by atoms with Crippen LogP contribution in [0.5, 0.6) is 0 Å². The lowest BCUT2D eigenvalue weighted by Gasteiger charge is -2.32. The summed E-state index contributed by atoms with van der Waals surface area (Å²) in [6.45, 7) is 1.90.